The van der Waals surface area contributed by atoms with Crippen LogP contribution in [0.1, 0.15) is 66.4 Å². The molecule has 0 spiro atoms. The fraction of sp³-hybridized carbons (Fsp3) is 0.160. The van der Waals surface area contributed by atoms with Gasteiger partial charge in [0.15, 0.2) is 0 Å². The summed E-state index contributed by atoms with van der Waals surface area (Å²) in [5.41, 5.74) is 7.00. The second kappa shape index (κ2) is 11.2. The van der Waals surface area contributed by atoms with E-state index in [9.17, 15) is 2.74 Å². The average Bonchev–Trinajstić information content (AvgIpc) is 3.88. The Balaban J connectivity index is 1.45. The van der Waals surface area contributed by atoms with Crippen LogP contribution >= 0.6 is 0 Å². The van der Waals surface area contributed by atoms with Gasteiger partial charge in [0.25, 0.3) is 0 Å². The highest BCUT2D eigenvalue weighted by Gasteiger charge is 2.22. The third-order valence-electron chi connectivity index (χ3n) is 10.6. The van der Waals surface area contributed by atoms with Gasteiger partial charge in [-0.15, -0.1) is 0 Å². The first kappa shape index (κ1) is 22.8. The van der Waals surface area contributed by atoms with Gasteiger partial charge in [-0.3, -0.25) is 0 Å². The molecule has 0 aliphatic carbocycles. The highest BCUT2D eigenvalue weighted by molar-refractivity contribution is 6.12. The lowest BCUT2D eigenvalue weighted by Gasteiger charge is -2.21. The lowest BCUT2D eigenvalue weighted by Crippen LogP contribution is -2.11. The number of aromatic nitrogens is 3. The first-order valence-corrected chi connectivity index (χ1v) is 17.9. The van der Waals surface area contributed by atoms with Gasteiger partial charge in [-0.2, -0.15) is 0 Å². The molecule has 3 heterocycles. The Morgan fingerprint density at radius 1 is 0.358 bits per heavy atom. The van der Waals surface area contributed by atoms with Crippen molar-refractivity contribution in [1.29, 1.82) is 0 Å². The van der Waals surface area contributed by atoms with Crippen molar-refractivity contribution in [3.05, 3.63) is 163 Å². The molecule has 0 aliphatic heterocycles. The maximum atomic E-state index is 9.34. The number of hydrogen-bond donors (Lipinski definition) is 0. The molecule has 258 valence electrons. The van der Waals surface area contributed by atoms with Crippen LogP contribution in [-0.2, 0) is 10.8 Å². The minimum Gasteiger partial charge on any atom is -0.309 e. The standard InChI is InChI=1S/C50H43N3/c1-49(2,3)32-23-25-41-39-17-9-13-21-45(39)52(47(41)27-32)35-29-34(51-43-19-11-7-15-37(43)38-16-8-12-20-44(38)51)30-36(31-35)53-46-22-14-10-18-40(46)42-26-24-33(28-48(42)53)50(4,5)6/h7-31H,1-6H3/i7D,8D,9D,10D,11D,12D,15D,16D,19D,20D. The second-order valence-electron chi connectivity index (χ2n) is 16.0. The van der Waals surface area contributed by atoms with E-state index in [1.54, 1.807) is 16.7 Å². The van der Waals surface area contributed by atoms with E-state index in [0.717, 1.165) is 54.7 Å². The van der Waals surface area contributed by atoms with Crippen molar-refractivity contribution in [2.75, 3.05) is 0 Å². The lowest BCUT2D eigenvalue weighted by molar-refractivity contribution is 0.590. The monoisotopic (exact) mass is 695 g/mol. The Labute approximate surface area is 324 Å². The Morgan fingerprint density at radius 2 is 0.736 bits per heavy atom. The van der Waals surface area contributed by atoms with Gasteiger partial charge in [-0.1, -0.05) is 138 Å². The molecule has 3 nitrogen and oxygen atoms in total. The Morgan fingerprint density at radius 3 is 1.15 bits per heavy atom. The molecule has 0 fully saturated rings. The number of benzene rings is 7. The summed E-state index contributed by atoms with van der Waals surface area (Å²) in [5.74, 6) is 0. The summed E-state index contributed by atoms with van der Waals surface area (Å²) in [6.45, 7) is 12.9. The molecule has 0 amide bonds. The number of para-hydroxylation sites is 4. The average molecular weight is 696 g/mol. The van der Waals surface area contributed by atoms with Crippen molar-refractivity contribution in [3.63, 3.8) is 0 Å². The topological polar surface area (TPSA) is 14.8 Å². The first-order chi connectivity index (χ1) is 29.7. The first-order valence-electron chi connectivity index (χ1n) is 22.9. The number of rotatable bonds is 3. The minimum atomic E-state index is -0.504. The fourth-order valence-corrected chi connectivity index (χ4v) is 7.95. The SMILES string of the molecule is [2H]c1ccc2c(c1)c1ccc(C(C)(C)C)cc1n2-c1cc(-n2c3ccc([2H])cc3c3ccc(C(C)(C)C)cc32)cc(-n2c3c([2H])c([2H])c([2H])c([2H])c3c3c([2H])c([2H])c([2H])c([2H])c32)c1. The van der Waals surface area contributed by atoms with Crippen LogP contribution in [0, 0.1) is 0 Å². The molecule has 10 rings (SSSR count). The summed E-state index contributed by atoms with van der Waals surface area (Å²) in [4.78, 5) is 0. The van der Waals surface area contributed by atoms with Gasteiger partial charge in [0, 0.05) is 32.3 Å². The summed E-state index contributed by atoms with van der Waals surface area (Å²) in [7, 11) is 0. The number of nitrogens with zero attached hydrogens (tertiary/aromatic N) is 3. The highest BCUT2D eigenvalue weighted by atomic mass is 15.0. The maximum absolute atomic E-state index is 9.34. The molecule has 0 aliphatic rings. The van der Waals surface area contributed by atoms with E-state index in [2.05, 4.69) is 93.1 Å². The lowest BCUT2D eigenvalue weighted by atomic mass is 9.86. The van der Waals surface area contributed by atoms with Gasteiger partial charge in [0.1, 0.15) is 0 Å². The van der Waals surface area contributed by atoms with Crippen LogP contribution in [0.4, 0.5) is 0 Å². The van der Waals surface area contributed by atoms with Crippen LogP contribution in [0.3, 0.4) is 0 Å². The molecule has 10 aromatic rings. The summed E-state index contributed by atoms with van der Waals surface area (Å²) < 4.78 is 95.0. The van der Waals surface area contributed by atoms with E-state index in [-0.39, 0.29) is 44.7 Å². The summed E-state index contributed by atoms with van der Waals surface area (Å²) in [6.07, 6.45) is 0. The van der Waals surface area contributed by atoms with E-state index in [0.29, 0.717) is 29.1 Å². The van der Waals surface area contributed by atoms with Crippen molar-refractivity contribution in [1.82, 2.24) is 13.7 Å². The van der Waals surface area contributed by atoms with Crippen LogP contribution in [-0.4, -0.2) is 13.7 Å². The largest absolute Gasteiger partial charge is 0.309 e. The quantitative estimate of drug-likeness (QED) is 0.175. The van der Waals surface area contributed by atoms with E-state index in [1.807, 2.05) is 36.4 Å². The van der Waals surface area contributed by atoms with Crippen LogP contribution in [0.25, 0.3) is 82.5 Å². The minimum absolute atomic E-state index is 0.000677. The van der Waals surface area contributed by atoms with E-state index in [1.165, 1.54) is 0 Å². The van der Waals surface area contributed by atoms with Crippen molar-refractivity contribution in [2.24, 2.45) is 0 Å². The molecule has 0 bridgehead atoms. The predicted molar refractivity (Wildman–Crippen MR) is 227 cm³/mol. The van der Waals surface area contributed by atoms with Crippen LogP contribution in [0.15, 0.2) is 151 Å². The third kappa shape index (κ3) is 4.80. The zero-order chi connectivity index (χ0) is 44.9. The normalized spacial score (nSPS) is 15.4. The molecule has 7 aromatic carbocycles. The molecule has 3 heteroatoms. The van der Waals surface area contributed by atoms with Gasteiger partial charge < -0.3 is 13.7 Å². The molecule has 53 heavy (non-hydrogen) atoms. The van der Waals surface area contributed by atoms with E-state index >= 15 is 0 Å². The van der Waals surface area contributed by atoms with Gasteiger partial charge >= 0.3 is 0 Å². The summed E-state index contributed by atoms with van der Waals surface area (Å²) in [6, 6.07) is 26.9. The van der Waals surface area contributed by atoms with Gasteiger partial charge in [-0.05, 0) is 76.5 Å². The number of hydrogen-bond acceptors (Lipinski definition) is 0. The zero-order valence-corrected chi connectivity index (χ0v) is 30.5. The molecule has 0 saturated carbocycles. The third-order valence-corrected chi connectivity index (χ3v) is 10.6. The van der Waals surface area contributed by atoms with Gasteiger partial charge in [0.2, 0.25) is 0 Å². The van der Waals surface area contributed by atoms with E-state index < -0.39 is 36.3 Å². The van der Waals surface area contributed by atoms with Crippen molar-refractivity contribution < 1.29 is 13.7 Å². The number of fused-ring (bicyclic) bond motifs is 9. The van der Waals surface area contributed by atoms with Crippen molar-refractivity contribution in [2.45, 2.75) is 52.4 Å². The van der Waals surface area contributed by atoms with Crippen molar-refractivity contribution in [3.8, 4) is 17.1 Å². The molecule has 0 atom stereocenters. The predicted octanol–water partition coefficient (Wildman–Crippen LogP) is 13.6. The Hall–Kier alpha value is -6.06. The molecule has 0 unspecified atom stereocenters. The van der Waals surface area contributed by atoms with Crippen LogP contribution < -0.4 is 0 Å². The Kier molecular flexibility index (Phi) is 4.82. The summed E-state index contributed by atoms with van der Waals surface area (Å²) in [5, 5.41) is 3.63. The molecule has 3 aromatic heterocycles. The zero-order valence-electron chi connectivity index (χ0n) is 40.5. The van der Waals surface area contributed by atoms with E-state index in [4.69, 9.17) is 11.0 Å². The molecule has 0 N–H and O–H groups in total. The molecule has 0 saturated heterocycles. The Bertz CT molecular complexity index is 3420. The highest BCUT2D eigenvalue weighted by Crippen LogP contribution is 2.40. The smallest absolute Gasteiger partial charge is 0.0645 e. The molecule has 0 radical (unpaired) electrons. The molecular weight excluding hydrogens is 643 g/mol. The maximum Gasteiger partial charge on any atom is 0.0645 e. The van der Waals surface area contributed by atoms with Gasteiger partial charge in [0.05, 0.1) is 63.9 Å². The molecular formula is C50H43N3. The van der Waals surface area contributed by atoms with Gasteiger partial charge in [-0.25, -0.2) is 0 Å². The van der Waals surface area contributed by atoms with Crippen LogP contribution in [0.2, 0.25) is 0 Å². The second-order valence-corrected chi connectivity index (χ2v) is 16.0. The van der Waals surface area contributed by atoms with Crippen LogP contribution in [0.5, 0.6) is 0 Å². The van der Waals surface area contributed by atoms with Crippen molar-refractivity contribution >= 4 is 65.4 Å². The summed E-state index contributed by atoms with van der Waals surface area (Å²) >= 11 is 0. The fourth-order valence-electron chi connectivity index (χ4n) is 7.95.